The van der Waals surface area contributed by atoms with Gasteiger partial charge >= 0.3 is 0 Å². The van der Waals surface area contributed by atoms with E-state index in [-0.39, 0.29) is 5.75 Å². The van der Waals surface area contributed by atoms with Crippen LogP contribution in [0.25, 0.3) is 6.08 Å². The van der Waals surface area contributed by atoms with Crippen molar-refractivity contribution in [2.75, 3.05) is 6.61 Å². The summed E-state index contributed by atoms with van der Waals surface area (Å²) in [6, 6.07) is 4.98. The predicted molar refractivity (Wildman–Crippen MR) is 53.0 cm³/mol. The largest absolute Gasteiger partial charge is 0.485 e. The van der Waals surface area contributed by atoms with Crippen LogP contribution in [0.2, 0.25) is 5.02 Å². The smallest absolute Gasteiger partial charge is 0.272 e. The van der Waals surface area contributed by atoms with Gasteiger partial charge in [-0.2, -0.15) is 0 Å². The summed E-state index contributed by atoms with van der Waals surface area (Å²) < 4.78 is 28.7. The van der Waals surface area contributed by atoms with Crippen molar-refractivity contribution in [3.8, 4) is 5.75 Å². The number of rotatable bonds is 4. The zero-order valence-corrected chi connectivity index (χ0v) is 8.10. The van der Waals surface area contributed by atoms with Crippen LogP contribution in [0.5, 0.6) is 5.75 Å². The fraction of sp³-hybridized carbons (Fsp3) is 0.200. The Kier molecular flexibility index (Phi) is 3.89. The zero-order chi connectivity index (χ0) is 10.6. The number of benzene rings is 1. The molecule has 0 amide bonds. The Morgan fingerprint density at radius 3 is 2.79 bits per heavy atom. The van der Waals surface area contributed by atoms with Crippen molar-refractivity contribution in [2.45, 2.75) is 6.43 Å². The summed E-state index contributed by atoms with van der Waals surface area (Å²) >= 11 is 5.77. The van der Waals surface area contributed by atoms with Crippen LogP contribution in [0, 0.1) is 0 Å². The summed E-state index contributed by atoms with van der Waals surface area (Å²) in [5.41, 5.74) is 0.609. The lowest BCUT2D eigenvalue weighted by Gasteiger charge is -2.09. The molecule has 1 aromatic rings. The fourth-order valence-corrected chi connectivity index (χ4v) is 1.22. The second-order valence-corrected chi connectivity index (χ2v) is 2.97. The average Bonchev–Trinajstić information content (AvgIpc) is 2.15. The first-order valence-corrected chi connectivity index (χ1v) is 4.35. The van der Waals surface area contributed by atoms with Gasteiger partial charge in [0, 0.05) is 5.56 Å². The molecule has 1 aromatic carbocycles. The van der Waals surface area contributed by atoms with Gasteiger partial charge in [-0.15, -0.1) is 0 Å². The average molecular weight is 219 g/mol. The van der Waals surface area contributed by atoms with Crippen LogP contribution in [-0.4, -0.2) is 13.0 Å². The summed E-state index contributed by atoms with van der Waals surface area (Å²) in [6.45, 7) is 2.87. The Balaban J connectivity index is 2.87. The van der Waals surface area contributed by atoms with Crippen LogP contribution in [0.4, 0.5) is 8.78 Å². The Bertz CT molecular complexity index is 326. The Morgan fingerprint density at radius 1 is 1.50 bits per heavy atom. The Hall–Kier alpha value is -1.09. The number of hydrogen-bond acceptors (Lipinski definition) is 1. The van der Waals surface area contributed by atoms with Gasteiger partial charge in [-0.1, -0.05) is 36.4 Å². The van der Waals surface area contributed by atoms with E-state index in [2.05, 4.69) is 6.58 Å². The summed E-state index contributed by atoms with van der Waals surface area (Å²) in [6.07, 6.45) is -1.00. The Morgan fingerprint density at radius 2 is 2.21 bits per heavy atom. The van der Waals surface area contributed by atoms with Crippen LogP contribution in [-0.2, 0) is 0 Å². The van der Waals surface area contributed by atoms with Crippen molar-refractivity contribution in [1.29, 1.82) is 0 Å². The number of halogens is 3. The molecule has 0 heterocycles. The molecular weight excluding hydrogens is 210 g/mol. The monoisotopic (exact) mass is 218 g/mol. The molecule has 0 aliphatic carbocycles. The van der Waals surface area contributed by atoms with Crippen molar-refractivity contribution >= 4 is 17.7 Å². The van der Waals surface area contributed by atoms with E-state index in [4.69, 9.17) is 16.3 Å². The van der Waals surface area contributed by atoms with E-state index >= 15 is 0 Å². The number of ether oxygens (including phenoxy) is 1. The summed E-state index contributed by atoms with van der Waals surface area (Å²) in [5, 5.41) is 0.308. The second kappa shape index (κ2) is 4.96. The molecule has 1 rings (SSSR count). The van der Waals surface area contributed by atoms with Crippen LogP contribution < -0.4 is 4.74 Å². The number of para-hydroxylation sites is 1. The van der Waals surface area contributed by atoms with Gasteiger partial charge in [0.1, 0.15) is 12.4 Å². The first-order chi connectivity index (χ1) is 6.65. The van der Waals surface area contributed by atoms with Crippen LogP contribution in [0.15, 0.2) is 24.8 Å². The summed E-state index contributed by atoms with van der Waals surface area (Å²) in [5.74, 6) is 0.254. The molecule has 0 atom stereocenters. The van der Waals surface area contributed by atoms with Gasteiger partial charge in [0.15, 0.2) is 0 Å². The molecular formula is C10H9ClF2O. The maximum absolute atomic E-state index is 11.9. The highest BCUT2D eigenvalue weighted by Crippen LogP contribution is 2.29. The van der Waals surface area contributed by atoms with Gasteiger partial charge < -0.3 is 4.74 Å². The van der Waals surface area contributed by atoms with Gasteiger partial charge in [0.2, 0.25) is 0 Å². The van der Waals surface area contributed by atoms with Crippen LogP contribution >= 0.6 is 11.6 Å². The van der Waals surface area contributed by atoms with E-state index in [1.165, 1.54) is 6.08 Å². The first kappa shape index (κ1) is 11.0. The molecule has 0 saturated heterocycles. The van der Waals surface area contributed by atoms with E-state index < -0.39 is 13.0 Å². The van der Waals surface area contributed by atoms with Crippen molar-refractivity contribution < 1.29 is 13.5 Å². The third kappa shape index (κ3) is 2.70. The molecule has 0 saturated carbocycles. The minimum absolute atomic E-state index is 0.254. The highest BCUT2D eigenvalue weighted by molar-refractivity contribution is 6.32. The molecule has 0 radical (unpaired) electrons. The van der Waals surface area contributed by atoms with Gasteiger partial charge in [0.05, 0.1) is 5.02 Å². The molecule has 4 heteroatoms. The third-order valence-electron chi connectivity index (χ3n) is 1.57. The van der Waals surface area contributed by atoms with Crippen molar-refractivity contribution in [2.24, 2.45) is 0 Å². The predicted octanol–water partition coefficient (Wildman–Crippen LogP) is 3.63. The molecule has 0 aliphatic rings. The number of alkyl halides is 2. The minimum Gasteiger partial charge on any atom is -0.485 e. The van der Waals surface area contributed by atoms with E-state index in [1.807, 2.05) is 0 Å². The van der Waals surface area contributed by atoms with E-state index in [9.17, 15) is 8.78 Å². The third-order valence-corrected chi connectivity index (χ3v) is 1.87. The summed E-state index contributed by atoms with van der Waals surface area (Å²) in [7, 11) is 0. The minimum atomic E-state index is -2.51. The lowest BCUT2D eigenvalue weighted by Crippen LogP contribution is -2.08. The zero-order valence-electron chi connectivity index (χ0n) is 7.34. The molecule has 0 N–H and O–H groups in total. The highest BCUT2D eigenvalue weighted by Gasteiger charge is 2.09. The topological polar surface area (TPSA) is 9.23 Å². The van der Waals surface area contributed by atoms with Crippen LogP contribution in [0.3, 0.4) is 0 Å². The lowest BCUT2D eigenvalue weighted by atomic mass is 10.2. The molecule has 0 unspecified atom stereocenters. The van der Waals surface area contributed by atoms with Gasteiger partial charge in [0.25, 0.3) is 6.43 Å². The van der Waals surface area contributed by atoms with E-state index in [1.54, 1.807) is 18.2 Å². The SMILES string of the molecule is C=Cc1cccc(Cl)c1OCC(F)F. The van der Waals surface area contributed by atoms with Gasteiger partial charge in [-0.25, -0.2) is 8.78 Å². The van der Waals surface area contributed by atoms with Crippen molar-refractivity contribution in [3.05, 3.63) is 35.4 Å². The molecule has 0 bridgehead atoms. The molecule has 76 valence electrons. The molecule has 0 aromatic heterocycles. The Labute approximate surface area is 85.9 Å². The molecule has 14 heavy (non-hydrogen) atoms. The molecule has 0 spiro atoms. The molecule has 0 aliphatic heterocycles. The lowest BCUT2D eigenvalue weighted by molar-refractivity contribution is 0.0818. The van der Waals surface area contributed by atoms with Gasteiger partial charge in [-0.3, -0.25) is 0 Å². The molecule has 0 fully saturated rings. The highest BCUT2D eigenvalue weighted by atomic mass is 35.5. The maximum Gasteiger partial charge on any atom is 0.272 e. The summed E-state index contributed by atoms with van der Waals surface area (Å²) in [4.78, 5) is 0. The van der Waals surface area contributed by atoms with Crippen LogP contribution in [0.1, 0.15) is 5.56 Å². The van der Waals surface area contributed by atoms with E-state index in [0.717, 1.165) is 0 Å². The van der Waals surface area contributed by atoms with Crippen molar-refractivity contribution in [3.63, 3.8) is 0 Å². The first-order valence-electron chi connectivity index (χ1n) is 3.97. The van der Waals surface area contributed by atoms with Crippen molar-refractivity contribution in [1.82, 2.24) is 0 Å². The van der Waals surface area contributed by atoms with Gasteiger partial charge in [-0.05, 0) is 6.07 Å². The quantitative estimate of drug-likeness (QED) is 0.750. The number of hydrogen-bond donors (Lipinski definition) is 0. The maximum atomic E-state index is 11.9. The fourth-order valence-electron chi connectivity index (χ4n) is 0.985. The standard InChI is InChI=1S/C10H9ClF2O/c1-2-7-4-3-5-8(11)10(7)14-6-9(12)13/h2-5,9H,1,6H2. The normalized spacial score (nSPS) is 10.3. The second-order valence-electron chi connectivity index (χ2n) is 2.56. The van der Waals surface area contributed by atoms with E-state index in [0.29, 0.717) is 10.6 Å². The molecule has 1 nitrogen and oxygen atoms in total.